The summed E-state index contributed by atoms with van der Waals surface area (Å²) in [7, 11) is 0. The lowest BCUT2D eigenvalue weighted by atomic mass is 9.89. The average Bonchev–Trinajstić information content (AvgIpc) is 2.43. The second-order valence-electron chi connectivity index (χ2n) is 4.52. The summed E-state index contributed by atoms with van der Waals surface area (Å²) in [6.45, 7) is 2.98. The van der Waals surface area contributed by atoms with Gasteiger partial charge in [0.05, 0.1) is 12.3 Å². The third-order valence-electron chi connectivity index (χ3n) is 3.26. The second-order valence-corrected chi connectivity index (χ2v) is 4.52. The van der Waals surface area contributed by atoms with Gasteiger partial charge < -0.3 is 14.8 Å². The predicted molar refractivity (Wildman–Crippen MR) is 69.4 cm³/mol. The van der Waals surface area contributed by atoms with E-state index in [1.54, 1.807) is 25.1 Å². The van der Waals surface area contributed by atoms with Crippen LogP contribution in [0.1, 0.15) is 19.8 Å². The fourth-order valence-corrected chi connectivity index (χ4v) is 2.19. The molecule has 4 nitrogen and oxygen atoms in total. The van der Waals surface area contributed by atoms with Crippen molar-refractivity contribution in [3.63, 3.8) is 0 Å². The van der Waals surface area contributed by atoms with Crippen molar-refractivity contribution in [2.24, 2.45) is 0 Å². The van der Waals surface area contributed by atoms with Crippen molar-refractivity contribution in [3.05, 3.63) is 30.1 Å². The van der Waals surface area contributed by atoms with Crippen LogP contribution in [0.15, 0.2) is 24.3 Å². The van der Waals surface area contributed by atoms with Gasteiger partial charge >= 0.3 is 5.97 Å². The first-order valence-corrected chi connectivity index (χ1v) is 6.45. The Morgan fingerprint density at radius 2 is 2.11 bits per heavy atom. The van der Waals surface area contributed by atoms with Gasteiger partial charge in [0.25, 0.3) is 0 Å². The van der Waals surface area contributed by atoms with E-state index in [4.69, 9.17) is 9.47 Å². The summed E-state index contributed by atoms with van der Waals surface area (Å²) in [4.78, 5) is 12.2. The zero-order valence-electron chi connectivity index (χ0n) is 10.9. The molecule has 1 N–H and O–H groups in total. The number of para-hydroxylation sites is 1. The van der Waals surface area contributed by atoms with E-state index in [9.17, 15) is 9.18 Å². The van der Waals surface area contributed by atoms with Crippen molar-refractivity contribution in [2.75, 3.05) is 25.1 Å². The van der Waals surface area contributed by atoms with Crippen molar-refractivity contribution in [2.45, 2.75) is 25.3 Å². The van der Waals surface area contributed by atoms with E-state index in [1.165, 1.54) is 6.07 Å². The van der Waals surface area contributed by atoms with Gasteiger partial charge in [-0.15, -0.1) is 0 Å². The Bertz CT molecular complexity index is 444. The molecule has 0 atom stereocenters. The topological polar surface area (TPSA) is 47.6 Å². The maximum atomic E-state index is 13.7. The molecule has 5 heteroatoms. The van der Waals surface area contributed by atoms with E-state index in [0.29, 0.717) is 38.3 Å². The first-order valence-electron chi connectivity index (χ1n) is 6.45. The number of esters is 1. The Morgan fingerprint density at radius 1 is 1.42 bits per heavy atom. The summed E-state index contributed by atoms with van der Waals surface area (Å²) in [5.74, 6) is -0.723. The first kappa shape index (κ1) is 13.8. The maximum absolute atomic E-state index is 13.7. The Hall–Kier alpha value is -1.62. The van der Waals surface area contributed by atoms with Crippen molar-refractivity contribution >= 4 is 11.7 Å². The van der Waals surface area contributed by atoms with Gasteiger partial charge in [0.2, 0.25) is 0 Å². The number of ether oxygens (including phenoxy) is 2. The minimum absolute atomic E-state index is 0.306. The van der Waals surface area contributed by atoms with Crippen LogP contribution >= 0.6 is 0 Å². The highest BCUT2D eigenvalue weighted by atomic mass is 19.1. The van der Waals surface area contributed by atoms with E-state index >= 15 is 0 Å². The molecule has 1 aliphatic rings. The number of halogens is 1. The third-order valence-corrected chi connectivity index (χ3v) is 3.26. The van der Waals surface area contributed by atoms with Gasteiger partial charge in [-0.25, -0.2) is 9.18 Å². The zero-order valence-corrected chi connectivity index (χ0v) is 10.9. The lowest BCUT2D eigenvalue weighted by Gasteiger charge is -2.36. The van der Waals surface area contributed by atoms with Crippen LogP contribution in [-0.4, -0.2) is 31.3 Å². The van der Waals surface area contributed by atoms with Crippen molar-refractivity contribution in [1.29, 1.82) is 0 Å². The number of hydrogen-bond acceptors (Lipinski definition) is 4. The fourth-order valence-electron chi connectivity index (χ4n) is 2.19. The molecule has 0 radical (unpaired) electrons. The first-order chi connectivity index (χ1) is 9.18. The molecule has 0 aromatic heterocycles. The van der Waals surface area contributed by atoms with Crippen LogP contribution < -0.4 is 5.32 Å². The number of benzene rings is 1. The molecule has 1 saturated heterocycles. The molecular formula is C14H18FNO3. The molecule has 1 fully saturated rings. The van der Waals surface area contributed by atoms with Crippen LogP contribution in [0.4, 0.5) is 10.1 Å². The highest BCUT2D eigenvalue weighted by molar-refractivity contribution is 5.84. The molecule has 2 rings (SSSR count). The van der Waals surface area contributed by atoms with Gasteiger partial charge in [0, 0.05) is 26.1 Å². The number of nitrogens with one attached hydrogen (secondary N) is 1. The smallest absolute Gasteiger partial charge is 0.331 e. The summed E-state index contributed by atoms with van der Waals surface area (Å²) in [5, 5.41) is 3.02. The number of carbonyl (C=O) groups is 1. The Morgan fingerprint density at radius 3 is 2.74 bits per heavy atom. The minimum Gasteiger partial charge on any atom is -0.464 e. The van der Waals surface area contributed by atoms with E-state index in [2.05, 4.69) is 5.32 Å². The van der Waals surface area contributed by atoms with Crippen LogP contribution in [-0.2, 0) is 14.3 Å². The molecule has 0 aliphatic carbocycles. The summed E-state index contributed by atoms with van der Waals surface area (Å²) >= 11 is 0. The van der Waals surface area contributed by atoms with E-state index in [0.717, 1.165) is 0 Å². The monoisotopic (exact) mass is 267 g/mol. The Balaban J connectivity index is 2.23. The minimum atomic E-state index is -0.892. The summed E-state index contributed by atoms with van der Waals surface area (Å²) in [6.07, 6.45) is 0.945. The quantitative estimate of drug-likeness (QED) is 0.851. The molecule has 1 heterocycles. The van der Waals surface area contributed by atoms with Crippen molar-refractivity contribution in [3.8, 4) is 0 Å². The van der Waals surface area contributed by atoms with Gasteiger partial charge in [-0.2, -0.15) is 0 Å². The van der Waals surface area contributed by atoms with Crippen LogP contribution in [0.3, 0.4) is 0 Å². The number of hydrogen-bond donors (Lipinski definition) is 1. The van der Waals surface area contributed by atoms with Crippen LogP contribution in [0, 0.1) is 5.82 Å². The molecule has 0 bridgehead atoms. The highest BCUT2D eigenvalue weighted by Crippen LogP contribution is 2.28. The van der Waals surface area contributed by atoms with Crippen LogP contribution in [0.2, 0.25) is 0 Å². The molecule has 104 valence electrons. The maximum Gasteiger partial charge on any atom is 0.331 e. The summed E-state index contributed by atoms with van der Waals surface area (Å²) in [5.41, 5.74) is -0.575. The zero-order chi connectivity index (χ0) is 13.7. The molecule has 1 aromatic rings. The number of carbonyl (C=O) groups excluding carboxylic acids is 1. The Kier molecular flexibility index (Phi) is 4.37. The van der Waals surface area contributed by atoms with Crippen molar-refractivity contribution < 1.29 is 18.7 Å². The number of rotatable bonds is 4. The van der Waals surface area contributed by atoms with Crippen molar-refractivity contribution in [1.82, 2.24) is 0 Å². The lowest BCUT2D eigenvalue weighted by Crippen LogP contribution is -2.51. The highest BCUT2D eigenvalue weighted by Gasteiger charge is 2.41. The molecule has 0 saturated carbocycles. The molecule has 0 amide bonds. The average molecular weight is 267 g/mol. The van der Waals surface area contributed by atoms with Gasteiger partial charge in [-0.05, 0) is 19.1 Å². The lowest BCUT2D eigenvalue weighted by molar-refractivity contribution is -0.152. The third kappa shape index (κ3) is 3.04. The Labute approximate surface area is 111 Å². The molecule has 0 spiro atoms. The summed E-state index contributed by atoms with van der Waals surface area (Å²) < 4.78 is 24.1. The molecule has 0 unspecified atom stereocenters. The SMILES string of the molecule is CCOC(=O)C1(Nc2ccccc2F)CCOCC1. The normalized spacial score (nSPS) is 17.8. The molecule has 1 aliphatic heterocycles. The van der Waals surface area contributed by atoms with E-state index in [-0.39, 0.29) is 11.8 Å². The van der Waals surface area contributed by atoms with E-state index < -0.39 is 5.54 Å². The van der Waals surface area contributed by atoms with Gasteiger partial charge in [-0.3, -0.25) is 0 Å². The van der Waals surface area contributed by atoms with Gasteiger partial charge in [-0.1, -0.05) is 12.1 Å². The molecule has 1 aromatic carbocycles. The fraction of sp³-hybridized carbons (Fsp3) is 0.500. The van der Waals surface area contributed by atoms with Gasteiger partial charge in [0.1, 0.15) is 11.4 Å². The van der Waals surface area contributed by atoms with Gasteiger partial charge in [0.15, 0.2) is 0 Å². The number of anilines is 1. The molecular weight excluding hydrogens is 249 g/mol. The molecule has 19 heavy (non-hydrogen) atoms. The van der Waals surface area contributed by atoms with E-state index in [1.807, 2.05) is 0 Å². The predicted octanol–water partition coefficient (Wildman–Crippen LogP) is 2.35. The van der Waals surface area contributed by atoms with Crippen LogP contribution in [0.25, 0.3) is 0 Å². The summed E-state index contributed by atoms with van der Waals surface area (Å²) in [6, 6.07) is 6.32. The van der Waals surface area contributed by atoms with Crippen LogP contribution in [0.5, 0.6) is 0 Å². The standard InChI is InChI=1S/C14H18FNO3/c1-2-19-13(17)14(7-9-18-10-8-14)16-12-6-4-3-5-11(12)15/h3-6,16H,2,7-10H2,1H3. The largest absolute Gasteiger partial charge is 0.464 e. The second kappa shape index (κ2) is 6.02.